The summed E-state index contributed by atoms with van der Waals surface area (Å²) >= 11 is 6.30. The van der Waals surface area contributed by atoms with Crippen molar-refractivity contribution in [3.05, 3.63) is 28.8 Å². The highest BCUT2D eigenvalue weighted by Crippen LogP contribution is 2.39. The summed E-state index contributed by atoms with van der Waals surface area (Å²) < 4.78 is 86.3. The molecule has 0 saturated carbocycles. The number of rotatable bonds is 4. The molecular weight excluding hydrogens is 516 g/mol. The molecule has 4 heterocycles. The van der Waals surface area contributed by atoms with Crippen LogP contribution in [0.1, 0.15) is 18.4 Å². The molecule has 4 aliphatic rings. The maximum atomic E-state index is 12.7. The molecule has 4 aliphatic heterocycles. The number of likely N-dealkylation sites (tertiary alicyclic amines) is 2. The zero-order valence-corrected chi connectivity index (χ0v) is 20.0. The molecule has 0 spiro atoms. The normalized spacial score (nSPS) is 28.8. The van der Waals surface area contributed by atoms with Crippen LogP contribution in [0, 0.1) is 11.8 Å². The number of carbonyl (C=O) groups excluding carboxylic acids is 1. The molecule has 200 valence electrons. The molecule has 1 amide bonds. The predicted octanol–water partition coefficient (Wildman–Crippen LogP) is 4.70. The minimum Gasteiger partial charge on any atom is -0.426 e. The number of morpholine rings is 1. The highest BCUT2D eigenvalue weighted by molar-refractivity contribution is 6.30. The van der Waals surface area contributed by atoms with E-state index in [1.54, 1.807) is 0 Å². The van der Waals surface area contributed by atoms with Gasteiger partial charge in [0.2, 0.25) is 0 Å². The maximum absolute atomic E-state index is 12.7. The van der Waals surface area contributed by atoms with Gasteiger partial charge in [0.25, 0.3) is 6.10 Å². The van der Waals surface area contributed by atoms with Gasteiger partial charge in [0.1, 0.15) is 0 Å². The van der Waals surface area contributed by atoms with Gasteiger partial charge in [0.15, 0.2) is 0 Å². The van der Waals surface area contributed by atoms with E-state index < -0.39 is 24.5 Å². The van der Waals surface area contributed by atoms with E-state index in [1.165, 1.54) is 0 Å². The maximum Gasteiger partial charge on any atom is 0.434 e. The van der Waals surface area contributed by atoms with E-state index in [2.05, 4.69) is 14.5 Å². The van der Waals surface area contributed by atoms with Gasteiger partial charge in [-0.3, -0.25) is 4.90 Å². The summed E-state index contributed by atoms with van der Waals surface area (Å²) in [5, 5.41) is 0.635. The van der Waals surface area contributed by atoms with Gasteiger partial charge in [-0.15, -0.1) is 0 Å². The van der Waals surface area contributed by atoms with Gasteiger partial charge in [0.05, 0.1) is 12.2 Å². The summed E-state index contributed by atoms with van der Waals surface area (Å²) in [6.45, 7) is 3.48. The fraction of sp³-hybridized carbons (Fsp3) is 0.696. The molecular formula is C23H26ClF6N3O3. The van der Waals surface area contributed by atoms with E-state index in [-0.39, 0.29) is 37.1 Å². The van der Waals surface area contributed by atoms with Crippen molar-refractivity contribution in [3.8, 4) is 0 Å². The molecule has 0 radical (unpaired) electrons. The number of halogens is 7. The van der Waals surface area contributed by atoms with Gasteiger partial charge >= 0.3 is 18.4 Å². The third-order valence-electron chi connectivity index (χ3n) is 7.46. The SMILES string of the molecule is O=C(OC(C(F)(F)F)C(F)(F)F)N1CC2CN(Cc3ccc(Cl)cc3N3CC4CCC(C3)O4)CC2C1. The third-order valence-corrected chi connectivity index (χ3v) is 7.69. The molecule has 1 aromatic carbocycles. The number of fused-ring (bicyclic) bond motifs is 3. The third kappa shape index (κ3) is 5.35. The van der Waals surface area contributed by atoms with Crippen LogP contribution in [0.3, 0.4) is 0 Å². The Labute approximate surface area is 209 Å². The van der Waals surface area contributed by atoms with Gasteiger partial charge in [-0.2, -0.15) is 26.3 Å². The smallest absolute Gasteiger partial charge is 0.426 e. The zero-order chi connectivity index (χ0) is 25.8. The van der Waals surface area contributed by atoms with Gasteiger partial charge < -0.3 is 19.3 Å². The second-order valence-corrected chi connectivity index (χ2v) is 10.5. The van der Waals surface area contributed by atoms with Crippen LogP contribution in [0.5, 0.6) is 0 Å². The van der Waals surface area contributed by atoms with Crippen LogP contribution in [0.15, 0.2) is 18.2 Å². The number of hydrogen-bond acceptors (Lipinski definition) is 5. The molecule has 0 N–H and O–H groups in total. The Bertz CT molecular complexity index is 953. The largest absolute Gasteiger partial charge is 0.434 e. The first-order valence-corrected chi connectivity index (χ1v) is 12.2. The molecule has 4 unspecified atom stereocenters. The second kappa shape index (κ2) is 9.43. The van der Waals surface area contributed by atoms with Gasteiger partial charge in [-0.25, -0.2) is 4.79 Å². The van der Waals surface area contributed by atoms with Crippen molar-refractivity contribution in [2.45, 2.75) is 50.1 Å². The van der Waals surface area contributed by atoms with E-state index in [4.69, 9.17) is 16.3 Å². The number of amides is 1. The monoisotopic (exact) mass is 541 g/mol. The van der Waals surface area contributed by atoms with Crippen molar-refractivity contribution in [1.29, 1.82) is 0 Å². The van der Waals surface area contributed by atoms with Crippen LogP contribution in [-0.4, -0.2) is 85.8 Å². The number of alkyl halides is 6. The first-order chi connectivity index (χ1) is 16.9. The lowest BCUT2D eigenvalue weighted by molar-refractivity contribution is -0.308. The molecule has 13 heteroatoms. The van der Waals surface area contributed by atoms with Crippen molar-refractivity contribution in [3.63, 3.8) is 0 Å². The lowest BCUT2D eigenvalue weighted by Crippen LogP contribution is -2.48. The quantitative estimate of drug-likeness (QED) is 0.517. The van der Waals surface area contributed by atoms with Crippen molar-refractivity contribution in [1.82, 2.24) is 9.80 Å². The highest BCUT2D eigenvalue weighted by Gasteiger charge is 2.60. The highest BCUT2D eigenvalue weighted by atomic mass is 35.5. The first kappa shape index (κ1) is 25.7. The molecule has 0 aromatic heterocycles. The van der Waals surface area contributed by atoms with Crippen LogP contribution < -0.4 is 4.90 Å². The lowest BCUT2D eigenvalue weighted by Gasteiger charge is -2.35. The molecule has 1 aromatic rings. The molecule has 2 bridgehead atoms. The fourth-order valence-corrected chi connectivity index (χ4v) is 6.05. The van der Waals surface area contributed by atoms with Crippen LogP contribution in [0.25, 0.3) is 0 Å². The van der Waals surface area contributed by atoms with E-state index in [0.29, 0.717) is 24.7 Å². The van der Waals surface area contributed by atoms with Crippen molar-refractivity contribution in [2.24, 2.45) is 11.8 Å². The summed E-state index contributed by atoms with van der Waals surface area (Å²) in [5.74, 6) is -0.106. The van der Waals surface area contributed by atoms with Crippen molar-refractivity contribution >= 4 is 23.4 Å². The number of anilines is 1. The van der Waals surface area contributed by atoms with Crippen LogP contribution >= 0.6 is 11.6 Å². The van der Waals surface area contributed by atoms with Crippen LogP contribution in [0.2, 0.25) is 5.02 Å². The Morgan fingerprint density at radius 3 is 2.11 bits per heavy atom. The van der Waals surface area contributed by atoms with Crippen molar-refractivity contribution < 1.29 is 40.6 Å². The predicted molar refractivity (Wildman–Crippen MR) is 118 cm³/mol. The van der Waals surface area contributed by atoms with Gasteiger partial charge in [-0.1, -0.05) is 17.7 Å². The Morgan fingerprint density at radius 1 is 0.972 bits per heavy atom. The molecule has 5 rings (SSSR count). The van der Waals surface area contributed by atoms with Gasteiger partial charge in [0, 0.05) is 56.5 Å². The Morgan fingerprint density at radius 2 is 1.56 bits per heavy atom. The molecule has 0 aliphatic carbocycles. The van der Waals surface area contributed by atoms with Crippen molar-refractivity contribution in [2.75, 3.05) is 44.2 Å². The van der Waals surface area contributed by atoms with Crippen LogP contribution in [0.4, 0.5) is 36.8 Å². The Hall–Kier alpha value is -1.92. The fourth-order valence-electron chi connectivity index (χ4n) is 5.88. The molecule has 36 heavy (non-hydrogen) atoms. The Kier molecular flexibility index (Phi) is 6.74. The number of ether oxygens (including phenoxy) is 2. The van der Waals surface area contributed by atoms with E-state index >= 15 is 0 Å². The molecule has 4 fully saturated rings. The molecule has 6 nitrogen and oxygen atoms in total. The summed E-state index contributed by atoms with van der Waals surface area (Å²) in [5.41, 5.74) is 2.14. The average Bonchev–Trinajstić information content (AvgIpc) is 3.44. The lowest BCUT2D eigenvalue weighted by atomic mass is 10.0. The Balaban J connectivity index is 1.20. The molecule has 4 saturated heterocycles. The number of benzene rings is 1. The van der Waals surface area contributed by atoms with E-state index in [0.717, 1.165) is 42.1 Å². The molecule has 4 atom stereocenters. The second-order valence-electron chi connectivity index (χ2n) is 10.1. The number of nitrogens with zero attached hydrogens (tertiary/aromatic N) is 3. The first-order valence-electron chi connectivity index (χ1n) is 11.9. The minimum atomic E-state index is -5.73. The minimum absolute atomic E-state index is 0.0530. The summed E-state index contributed by atoms with van der Waals surface area (Å²) in [6.07, 6.45) is -14.7. The number of hydrogen-bond donors (Lipinski definition) is 0. The summed E-state index contributed by atoms with van der Waals surface area (Å²) in [7, 11) is 0. The zero-order valence-electron chi connectivity index (χ0n) is 19.2. The summed E-state index contributed by atoms with van der Waals surface area (Å²) in [6, 6.07) is 5.77. The average molecular weight is 542 g/mol. The number of carbonyl (C=O) groups is 1. The van der Waals surface area contributed by atoms with E-state index in [9.17, 15) is 31.1 Å². The topological polar surface area (TPSA) is 45.2 Å². The standard InChI is InChI=1S/C23H26ClF6N3O3/c24-16-2-1-13(19(5-16)32-11-17-3-4-18(12-32)35-17)6-31-7-14-9-33(10-15(14)8-31)21(34)36-20(22(25,26)27)23(28,29)30/h1-2,5,14-15,17-18,20H,3-4,6-12H2. The van der Waals surface area contributed by atoms with Gasteiger partial charge in [-0.05, 0) is 42.4 Å². The van der Waals surface area contributed by atoms with E-state index in [1.807, 2.05) is 18.2 Å². The summed E-state index contributed by atoms with van der Waals surface area (Å²) in [4.78, 5) is 17.6. The van der Waals surface area contributed by atoms with Crippen LogP contribution in [-0.2, 0) is 16.0 Å².